The van der Waals surface area contributed by atoms with Gasteiger partial charge in [-0.2, -0.15) is 5.10 Å². The summed E-state index contributed by atoms with van der Waals surface area (Å²) in [5, 5.41) is 5.38. The summed E-state index contributed by atoms with van der Waals surface area (Å²) >= 11 is 6.17. The van der Waals surface area contributed by atoms with Crippen molar-refractivity contribution >= 4 is 17.3 Å². The largest absolute Gasteiger partial charge is 0.394 e. The van der Waals surface area contributed by atoms with Crippen LogP contribution in [0.3, 0.4) is 0 Å². The molecule has 1 aliphatic carbocycles. The van der Waals surface area contributed by atoms with Gasteiger partial charge in [0.25, 0.3) is 5.56 Å². The van der Waals surface area contributed by atoms with E-state index in [0.29, 0.717) is 10.7 Å². The average molecular weight is 409 g/mol. The summed E-state index contributed by atoms with van der Waals surface area (Å²) in [6.07, 6.45) is 2.90. The van der Waals surface area contributed by atoms with Gasteiger partial charge in [-0.05, 0) is 56.4 Å². The van der Waals surface area contributed by atoms with Gasteiger partial charge in [0.1, 0.15) is 5.69 Å². The average Bonchev–Trinajstić information content (AvgIpc) is 2.73. The fourth-order valence-corrected chi connectivity index (χ4v) is 4.35. The molecule has 4 N–H and O–H groups in total. The van der Waals surface area contributed by atoms with Gasteiger partial charge in [-0.1, -0.05) is 54.1 Å². The van der Waals surface area contributed by atoms with E-state index < -0.39 is 11.1 Å². The van der Waals surface area contributed by atoms with Gasteiger partial charge >= 0.3 is 0 Å². The zero-order valence-corrected chi connectivity index (χ0v) is 17.2. The van der Waals surface area contributed by atoms with Crippen LogP contribution in [0, 0.1) is 0 Å². The van der Waals surface area contributed by atoms with Crippen LogP contribution in [0.2, 0.25) is 5.02 Å². The summed E-state index contributed by atoms with van der Waals surface area (Å²) in [6, 6.07) is 19.1. The number of anilines is 1. The number of halogens is 1. The van der Waals surface area contributed by atoms with Crippen LogP contribution in [-0.4, -0.2) is 9.78 Å². The van der Waals surface area contributed by atoms with Crippen molar-refractivity contribution in [2.45, 2.75) is 43.7 Å². The molecule has 0 unspecified atom stereocenters. The molecule has 1 aromatic heterocycles. The summed E-state index contributed by atoms with van der Waals surface area (Å²) in [5.74, 6) is 0. The van der Waals surface area contributed by atoms with E-state index in [1.54, 1.807) is 10.7 Å². The molecule has 0 aliphatic heterocycles. The zero-order chi connectivity index (χ0) is 20.6. The van der Waals surface area contributed by atoms with E-state index in [1.807, 2.05) is 54.6 Å². The lowest BCUT2D eigenvalue weighted by Gasteiger charge is -2.43. The molecule has 150 valence electrons. The summed E-state index contributed by atoms with van der Waals surface area (Å²) in [7, 11) is 0. The summed E-state index contributed by atoms with van der Waals surface area (Å²) in [4.78, 5) is 12.9. The number of nitrogens with two attached hydrogens (primary N) is 2. The topological polar surface area (TPSA) is 86.9 Å². The molecule has 4 rings (SSSR count). The smallest absolute Gasteiger partial charge is 0.290 e. The van der Waals surface area contributed by atoms with E-state index in [1.165, 1.54) is 0 Å². The number of benzene rings is 2. The monoisotopic (exact) mass is 408 g/mol. The fourth-order valence-electron chi connectivity index (χ4n) is 4.16. The molecule has 1 fully saturated rings. The van der Waals surface area contributed by atoms with Crippen LogP contribution < -0.4 is 17.0 Å². The quantitative estimate of drug-likeness (QED) is 0.676. The third-order valence-corrected chi connectivity index (χ3v) is 6.37. The van der Waals surface area contributed by atoms with Crippen LogP contribution in [0.25, 0.3) is 11.3 Å². The molecule has 1 saturated carbocycles. The number of hydrogen-bond acceptors (Lipinski definition) is 4. The van der Waals surface area contributed by atoms with Gasteiger partial charge < -0.3 is 11.5 Å². The van der Waals surface area contributed by atoms with Crippen molar-refractivity contribution in [3.8, 4) is 11.3 Å². The molecule has 0 radical (unpaired) electrons. The van der Waals surface area contributed by atoms with Crippen molar-refractivity contribution in [3.05, 3.63) is 81.6 Å². The normalized spacial score (nSPS) is 24.4. The van der Waals surface area contributed by atoms with Gasteiger partial charge in [-0.15, -0.1) is 0 Å². The molecule has 0 bridgehead atoms. The van der Waals surface area contributed by atoms with Crippen molar-refractivity contribution in [2.24, 2.45) is 5.73 Å². The van der Waals surface area contributed by atoms with Crippen LogP contribution in [0.5, 0.6) is 0 Å². The lowest BCUT2D eigenvalue weighted by Crippen LogP contribution is -2.50. The molecule has 0 atom stereocenters. The number of hydrogen-bond donors (Lipinski definition) is 2. The number of aromatic nitrogens is 2. The highest BCUT2D eigenvalue weighted by Gasteiger charge is 2.41. The van der Waals surface area contributed by atoms with Crippen LogP contribution in [0.15, 0.2) is 65.5 Å². The molecule has 5 nitrogen and oxygen atoms in total. The Hall–Kier alpha value is -2.63. The highest BCUT2D eigenvalue weighted by atomic mass is 35.5. The van der Waals surface area contributed by atoms with Crippen molar-refractivity contribution < 1.29 is 0 Å². The number of nitrogens with zero attached hydrogens (tertiary/aromatic N) is 2. The van der Waals surface area contributed by atoms with Gasteiger partial charge in [0.2, 0.25) is 0 Å². The molecule has 6 heteroatoms. The van der Waals surface area contributed by atoms with Crippen LogP contribution in [-0.2, 0) is 11.1 Å². The van der Waals surface area contributed by atoms with Crippen LogP contribution in [0.4, 0.5) is 5.69 Å². The first-order valence-corrected chi connectivity index (χ1v) is 10.2. The Balaban J connectivity index is 1.67. The third-order valence-electron chi connectivity index (χ3n) is 6.14. The maximum absolute atomic E-state index is 12.9. The standard InChI is InChI=1S/C23H25ClN4O/c1-22(10-12-23(26,13-11-22)17-8-5-9-18(24)14-17)28-21(29)19(25)15-20(27-28)16-6-3-2-4-7-16/h2-9,14-15H,10-13,25-26H2,1H3. The Labute approximate surface area is 175 Å². The maximum Gasteiger partial charge on any atom is 0.290 e. The summed E-state index contributed by atoms with van der Waals surface area (Å²) in [5.41, 5.74) is 14.5. The highest BCUT2D eigenvalue weighted by Crippen LogP contribution is 2.43. The Bertz CT molecular complexity index is 1090. The van der Waals surface area contributed by atoms with Crippen molar-refractivity contribution in [3.63, 3.8) is 0 Å². The van der Waals surface area contributed by atoms with Crippen LogP contribution in [0.1, 0.15) is 38.2 Å². The van der Waals surface area contributed by atoms with E-state index in [-0.39, 0.29) is 11.2 Å². The minimum Gasteiger partial charge on any atom is -0.394 e. The number of rotatable bonds is 3. The van der Waals surface area contributed by atoms with E-state index in [2.05, 4.69) is 6.92 Å². The lowest BCUT2D eigenvalue weighted by atomic mass is 9.70. The van der Waals surface area contributed by atoms with E-state index in [4.69, 9.17) is 28.2 Å². The van der Waals surface area contributed by atoms with E-state index in [9.17, 15) is 4.79 Å². The summed E-state index contributed by atoms with van der Waals surface area (Å²) < 4.78 is 1.57. The first-order valence-electron chi connectivity index (χ1n) is 9.81. The Morgan fingerprint density at radius 1 is 1.00 bits per heavy atom. The summed E-state index contributed by atoms with van der Waals surface area (Å²) in [6.45, 7) is 2.06. The van der Waals surface area contributed by atoms with Gasteiger partial charge in [0.15, 0.2) is 0 Å². The number of nitrogen functional groups attached to an aromatic ring is 1. The molecular formula is C23H25ClN4O. The van der Waals surface area contributed by atoms with Crippen molar-refractivity contribution in [2.75, 3.05) is 5.73 Å². The van der Waals surface area contributed by atoms with Crippen LogP contribution >= 0.6 is 11.6 Å². The molecule has 3 aromatic rings. The highest BCUT2D eigenvalue weighted by molar-refractivity contribution is 6.30. The Morgan fingerprint density at radius 2 is 1.69 bits per heavy atom. The molecular weight excluding hydrogens is 384 g/mol. The van der Waals surface area contributed by atoms with E-state index >= 15 is 0 Å². The Kier molecular flexibility index (Phi) is 4.97. The maximum atomic E-state index is 12.9. The fraction of sp³-hybridized carbons (Fsp3) is 0.304. The molecule has 0 amide bonds. The van der Waals surface area contributed by atoms with Gasteiger partial charge in [-0.3, -0.25) is 4.79 Å². The van der Waals surface area contributed by atoms with Crippen molar-refractivity contribution in [1.82, 2.24) is 9.78 Å². The third kappa shape index (κ3) is 3.68. The predicted molar refractivity (Wildman–Crippen MR) is 118 cm³/mol. The molecule has 0 spiro atoms. The molecule has 2 aromatic carbocycles. The Morgan fingerprint density at radius 3 is 2.34 bits per heavy atom. The molecule has 1 heterocycles. The zero-order valence-electron chi connectivity index (χ0n) is 16.4. The first-order chi connectivity index (χ1) is 13.8. The molecule has 1 aliphatic rings. The second kappa shape index (κ2) is 7.32. The van der Waals surface area contributed by atoms with Crippen molar-refractivity contribution in [1.29, 1.82) is 0 Å². The second-order valence-corrected chi connectivity index (χ2v) is 8.67. The van der Waals surface area contributed by atoms with E-state index in [0.717, 1.165) is 36.8 Å². The van der Waals surface area contributed by atoms with Gasteiger partial charge in [0.05, 0.1) is 11.2 Å². The first kappa shape index (κ1) is 19.7. The van der Waals surface area contributed by atoms with Gasteiger partial charge in [0, 0.05) is 16.1 Å². The second-order valence-electron chi connectivity index (χ2n) is 8.23. The lowest BCUT2D eigenvalue weighted by molar-refractivity contribution is 0.134. The van der Waals surface area contributed by atoms with Gasteiger partial charge in [-0.25, -0.2) is 4.68 Å². The molecule has 29 heavy (non-hydrogen) atoms. The SMILES string of the molecule is CC1(n2nc(-c3ccccc3)cc(N)c2=O)CCC(N)(c2cccc(Cl)c2)CC1. The predicted octanol–water partition coefficient (Wildman–Crippen LogP) is 4.29. The minimum absolute atomic E-state index is 0.208. The minimum atomic E-state index is -0.462. The molecule has 0 saturated heterocycles.